The number of rotatable bonds is 4. The molecule has 0 spiro atoms. The van der Waals surface area contributed by atoms with Crippen molar-refractivity contribution in [3.05, 3.63) is 59.7 Å². The molecule has 2 heteroatoms. The highest BCUT2D eigenvalue weighted by Crippen LogP contribution is 2.16. The molecule has 2 aromatic carbocycles. The molecule has 0 radical (unpaired) electrons. The first-order valence-corrected chi connectivity index (χ1v) is 5.76. The molecule has 0 heterocycles. The lowest BCUT2D eigenvalue weighted by Gasteiger charge is -2.06. The lowest BCUT2D eigenvalue weighted by Crippen LogP contribution is -1.96. The van der Waals surface area contributed by atoms with E-state index in [0.29, 0.717) is 0 Å². The summed E-state index contributed by atoms with van der Waals surface area (Å²) in [7, 11) is 1.68. The summed E-state index contributed by atoms with van der Waals surface area (Å²) >= 11 is 0. The molecular weight excluding hydrogens is 210 g/mol. The van der Waals surface area contributed by atoms with Crippen LogP contribution in [0.15, 0.2) is 48.5 Å². The molecule has 0 amide bonds. The first-order chi connectivity index (χ1) is 8.29. The van der Waals surface area contributed by atoms with Crippen LogP contribution in [0.5, 0.6) is 5.75 Å². The number of hydrogen-bond donors (Lipinski definition) is 1. The fourth-order valence-corrected chi connectivity index (χ4v) is 1.83. The van der Waals surface area contributed by atoms with Crippen molar-refractivity contribution in [2.24, 2.45) is 0 Å². The molecule has 2 N–H and O–H groups in total. The zero-order valence-electron chi connectivity index (χ0n) is 10.0. The second-order valence-electron chi connectivity index (χ2n) is 4.05. The average molecular weight is 227 g/mol. The second-order valence-corrected chi connectivity index (χ2v) is 4.05. The number of para-hydroxylation sites is 1. The van der Waals surface area contributed by atoms with Crippen LogP contribution >= 0.6 is 0 Å². The van der Waals surface area contributed by atoms with Crippen molar-refractivity contribution in [1.82, 2.24) is 0 Å². The molecule has 2 nitrogen and oxygen atoms in total. The van der Waals surface area contributed by atoms with Crippen molar-refractivity contribution in [1.29, 1.82) is 0 Å². The van der Waals surface area contributed by atoms with Gasteiger partial charge in [-0.05, 0) is 42.2 Å². The molecule has 0 aliphatic carbocycles. The van der Waals surface area contributed by atoms with Gasteiger partial charge in [0.15, 0.2) is 0 Å². The Kier molecular flexibility index (Phi) is 3.66. The van der Waals surface area contributed by atoms with E-state index >= 15 is 0 Å². The first kappa shape index (κ1) is 11.5. The van der Waals surface area contributed by atoms with E-state index in [-0.39, 0.29) is 0 Å². The highest BCUT2D eigenvalue weighted by atomic mass is 16.5. The van der Waals surface area contributed by atoms with Crippen molar-refractivity contribution in [2.75, 3.05) is 12.8 Å². The molecule has 0 saturated heterocycles. The largest absolute Gasteiger partial charge is 0.497 e. The van der Waals surface area contributed by atoms with Gasteiger partial charge in [-0.15, -0.1) is 0 Å². The van der Waals surface area contributed by atoms with Crippen LogP contribution in [0.4, 0.5) is 5.69 Å². The smallest absolute Gasteiger partial charge is 0.118 e. The minimum Gasteiger partial charge on any atom is -0.497 e. The molecule has 0 atom stereocenters. The van der Waals surface area contributed by atoms with E-state index in [9.17, 15) is 0 Å². The zero-order chi connectivity index (χ0) is 12.1. The summed E-state index contributed by atoms with van der Waals surface area (Å²) in [6.07, 6.45) is 1.97. The lowest BCUT2D eigenvalue weighted by atomic mass is 10.0. The van der Waals surface area contributed by atoms with Crippen LogP contribution in [0.2, 0.25) is 0 Å². The molecule has 0 aliphatic rings. The van der Waals surface area contributed by atoms with Crippen molar-refractivity contribution in [3.8, 4) is 5.75 Å². The maximum Gasteiger partial charge on any atom is 0.118 e. The Morgan fingerprint density at radius 1 is 0.941 bits per heavy atom. The van der Waals surface area contributed by atoms with E-state index in [1.165, 1.54) is 11.1 Å². The summed E-state index contributed by atoms with van der Waals surface area (Å²) < 4.78 is 5.13. The number of nitrogen functional groups attached to an aromatic ring is 1. The Labute approximate surface area is 102 Å². The molecule has 2 aromatic rings. The molecular formula is C15H17NO. The van der Waals surface area contributed by atoms with Crippen LogP contribution in [0.1, 0.15) is 11.1 Å². The molecule has 88 valence electrons. The third-order valence-electron chi connectivity index (χ3n) is 2.90. The predicted octanol–water partition coefficient (Wildman–Crippen LogP) is 3.06. The standard InChI is InChI=1S/C15H17NO/c1-17-14-10-7-12(8-11-14)6-9-13-4-2-3-5-15(13)16/h2-5,7-8,10-11H,6,9,16H2,1H3. The molecule has 2 rings (SSSR count). The number of aryl methyl sites for hydroxylation is 2. The van der Waals surface area contributed by atoms with E-state index in [1.807, 2.05) is 30.3 Å². The molecule has 0 saturated carbocycles. The van der Waals surface area contributed by atoms with Gasteiger partial charge in [0.1, 0.15) is 5.75 Å². The topological polar surface area (TPSA) is 35.2 Å². The normalized spacial score (nSPS) is 10.2. The first-order valence-electron chi connectivity index (χ1n) is 5.76. The van der Waals surface area contributed by atoms with E-state index in [2.05, 4.69) is 18.2 Å². The van der Waals surface area contributed by atoms with E-state index in [4.69, 9.17) is 10.5 Å². The Balaban J connectivity index is 2.00. The summed E-state index contributed by atoms with van der Waals surface area (Å²) in [5.41, 5.74) is 9.30. The third-order valence-corrected chi connectivity index (χ3v) is 2.90. The van der Waals surface area contributed by atoms with Crippen LogP contribution < -0.4 is 10.5 Å². The number of methoxy groups -OCH3 is 1. The zero-order valence-corrected chi connectivity index (χ0v) is 10.0. The minimum absolute atomic E-state index is 0.876. The Hall–Kier alpha value is -1.96. The summed E-state index contributed by atoms with van der Waals surface area (Å²) in [5.74, 6) is 0.896. The van der Waals surface area contributed by atoms with Crippen LogP contribution in [0.25, 0.3) is 0 Å². The lowest BCUT2D eigenvalue weighted by molar-refractivity contribution is 0.414. The average Bonchev–Trinajstić information content (AvgIpc) is 2.38. The van der Waals surface area contributed by atoms with Crippen LogP contribution in [0, 0.1) is 0 Å². The van der Waals surface area contributed by atoms with Crippen LogP contribution in [-0.4, -0.2) is 7.11 Å². The van der Waals surface area contributed by atoms with Crippen LogP contribution in [0.3, 0.4) is 0 Å². The fourth-order valence-electron chi connectivity index (χ4n) is 1.83. The SMILES string of the molecule is COc1ccc(CCc2ccccc2N)cc1. The van der Waals surface area contributed by atoms with Gasteiger partial charge < -0.3 is 10.5 Å². The summed E-state index contributed by atoms with van der Waals surface area (Å²) in [6, 6.07) is 16.2. The van der Waals surface area contributed by atoms with Gasteiger partial charge in [-0.1, -0.05) is 30.3 Å². The molecule has 0 bridgehead atoms. The molecule has 0 aromatic heterocycles. The number of ether oxygens (including phenoxy) is 1. The summed E-state index contributed by atoms with van der Waals surface area (Å²) in [5, 5.41) is 0. The van der Waals surface area contributed by atoms with Gasteiger partial charge in [0, 0.05) is 5.69 Å². The molecule has 0 fully saturated rings. The summed E-state index contributed by atoms with van der Waals surface area (Å²) in [6.45, 7) is 0. The number of nitrogens with two attached hydrogens (primary N) is 1. The highest BCUT2D eigenvalue weighted by Gasteiger charge is 1.99. The van der Waals surface area contributed by atoms with Crippen LogP contribution in [-0.2, 0) is 12.8 Å². The van der Waals surface area contributed by atoms with Gasteiger partial charge in [-0.3, -0.25) is 0 Å². The molecule has 0 unspecified atom stereocenters. The van der Waals surface area contributed by atoms with Gasteiger partial charge in [-0.25, -0.2) is 0 Å². The Morgan fingerprint density at radius 3 is 2.29 bits per heavy atom. The minimum atomic E-state index is 0.876. The Bertz CT molecular complexity index is 477. The maximum atomic E-state index is 5.91. The quantitative estimate of drug-likeness (QED) is 0.815. The van der Waals surface area contributed by atoms with E-state index in [0.717, 1.165) is 24.3 Å². The van der Waals surface area contributed by atoms with Crippen molar-refractivity contribution in [3.63, 3.8) is 0 Å². The van der Waals surface area contributed by atoms with Gasteiger partial charge >= 0.3 is 0 Å². The number of benzene rings is 2. The second kappa shape index (κ2) is 5.39. The van der Waals surface area contributed by atoms with E-state index < -0.39 is 0 Å². The van der Waals surface area contributed by atoms with Gasteiger partial charge in [-0.2, -0.15) is 0 Å². The third kappa shape index (κ3) is 3.00. The highest BCUT2D eigenvalue weighted by molar-refractivity contribution is 5.46. The van der Waals surface area contributed by atoms with Gasteiger partial charge in [0.2, 0.25) is 0 Å². The number of anilines is 1. The van der Waals surface area contributed by atoms with E-state index in [1.54, 1.807) is 7.11 Å². The maximum absolute atomic E-state index is 5.91. The van der Waals surface area contributed by atoms with Gasteiger partial charge in [0.25, 0.3) is 0 Å². The number of hydrogen-bond acceptors (Lipinski definition) is 2. The van der Waals surface area contributed by atoms with Crippen molar-refractivity contribution in [2.45, 2.75) is 12.8 Å². The molecule has 17 heavy (non-hydrogen) atoms. The fraction of sp³-hybridized carbons (Fsp3) is 0.200. The summed E-state index contributed by atoms with van der Waals surface area (Å²) in [4.78, 5) is 0. The predicted molar refractivity (Wildman–Crippen MR) is 71.3 cm³/mol. The Morgan fingerprint density at radius 2 is 1.65 bits per heavy atom. The van der Waals surface area contributed by atoms with Gasteiger partial charge in [0.05, 0.1) is 7.11 Å². The van der Waals surface area contributed by atoms with Crippen molar-refractivity contribution < 1.29 is 4.74 Å². The monoisotopic (exact) mass is 227 g/mol. The van der Waals surface area contributed by atoms with Crippen molar-refractivity contribution >= 4 is 5.69 Å². The molecule has 0 aliphatic heterocycles.